The van der Waals surface area contributed by atoms with Gasteiger partial charge in [-0.2, -0.15) is 10.4 Å². The highest BCUT2D eigenvalue weighted by atomic mass is 16.5. The van der Waals surface area contributed by atoms with Crippen LogP contribution in [0.15, 0.2) is 54.6 Å². The van der Waals surface area contributed by atoms with Crippen molar-refractivity contribution in [1.29, 1.82) is 5.26 Å². The van der Waals surface area contributed by atoms with E-state index < -0.39 is 0 Å². The molecule has 0 radical (unpaired) electrons. The maximum absolute atomic E-state index is 12.5. The van der Waals surface area contributed by atoms with Crippen LogP contribution in [0.1, 0.15) is 16.1 Å². The Morgan fingerprint density at radius 1 is 1.20 bits per heavy atom. The van der Waals surface area contributed by atoms with Gasteiger partial charge in [0.2, 0.25) is 0 Å². The summed E-state index contributed by atoms with van der Waals surface area (Å²) >= 11 is 0. The van der Waals surface area contributed by atoms with Crippen molar-refractivity contribution in [3.05, 3.63) is 65.9 Å². The van der Waals surface area contributed by atoms with Crippen LogP contribution in [0.5, 0.6) is 5.75 Å². The van der Waals surface area contributed by atoms with Crippen LogP contribution in [0.3, 0.4) is 0 Å². The van der Waals surface area contributed by atoms with Gasteiger partial charge >= 0.3 is 0 Å². The number of methoxy groups -OCH3 is 1. The van der Waals surface area contributed by atoms with E-state index in [1.165, 1.54) is 4.68 Å². The summed E-state index contributed by atoms with van der Waals surface area (Å²) in [6.07, 6.45) is 0. The Bertz CT molecular complexity index is 970. The predicted octanol–water partition coefficient (Wildman–Crippen LogP) is 3.22. The van der Waals surface area contributed by atoms with Crippen LogP contribution in [0, 0.1) is 11.3 Å². The molecule has 0 bridgehead atoms. The number of nitrogens with zero attached hydrogens (tertiary/aromatic N) is 3. The number of benzene rings is 2. The summed E-state index contributed by atoms with van der Waals surface area (Å²) in [5.74, 6) is 0.432. The topological polar surface area (TPSA) is 79.9 Å². The van der Waals surface area contributed by atoms with Gasteiger partial charge in [-0.1, -0.05) is 18.2 Å². The van der Waals surface area contributed by atoms with Gasteiger partial charge in [-0.05, 0) is 36.4 Å². The fraction of sp³-hybridized carbons (Fsp3) is 0.105. The van der Waals surface area contributed by atoms with E-state index in [0.717, 1.165) is 11.3 Å². The van der Waals surface area contributed by atoms with Crippen molar-refractivity contribution in [2.45, 2.75) is 0 Å². The first-order valence-corrected chi connectivity index (χ1v) is 7.60. The molecule has 0 aliphatic heterocycles. The minimum absolute atomic E-state index is 0.292. The Hall–Kier alpha value is -3.59. The molecule has 0 atom stereocenters. The highest BCUT2D eigenvalue weighted by Gasteiger charge is 2.15. The Kier molecular flexibility index (Phi) is 4.48. The molecule has 0 unspecified atom stereocenters. The maximum Gasteiger partial charge on any atom is 0.273 e. The molecule has 2 aromatic carbocycles. The summed E-state index contributed by atoms with van der Waals surface area (Å²) in [5, 5.41) is 16.1. The molecule has 6 heteroatoms. The molecule has 1 amide bonds. The normalized spacial score (nSPS) is 10.1. The van der Waals surface area contributed by atoms with Crippen molar-refractivity contribution in [1.82, 2.24) is 9.78 Å². The SMILES string of the molecule is COc1cccc(-c2cc(C(=O)Nc3cccc(C#N)c3)n(C)n2)c1. The lowest BCUT2D eigenvalue weighted by Crippen LogP contribution is -2.16. The number of aromatic nitrogens is 2. The van der Waals surface area contributed by atoms with Gasteiger partial charge in [0.15, 0.2) is 0 Å². The zero-order valence-electron chi connectivity index (χ0n) is 13.9. The van der Waals surface area contributed by atoms with Crippen molar-refractivity contribution in [3.63, 3.8) is 0 Å². The first-order valence-electron chi connectivity index (χ1n) is 7.60. The zero-order valence-corrected chi connectivity index (χ0v) is 13.9. The smallest absolute Gasteiger partial charge is 0.273 e. The quantitative estimate of drug-likeness (QED) is 0.795. The van der Waals surface area contributed by atoms with E-state index in [9.17, 15) is 4.79 Å². The number of carbonyl (C=O) groups excluding carboxylic acids is 1. The van der Waals surface area contributed by atoms with E-state index in [2.05, 4.69) is 10.4 Å². The molecular formula is C19H16N4O2. The van der Waals surface area contributed by atoms with Crippen molar-refractivity contribution in [3.8, 4) is 23.1 Å². The largest absolute Gasteiger partial charge is 0.497 e. The van der Waals surface area contributed by atoms with Crippen LogP contribution in [0.2, 0.25) is 0 Å². The molecule has 1 N–H and O–H groups in total. The first-order chi connectivity index (χ1) is 12.1. The Morgan fingerprint density at radius 2 is 2.00 bits per heavy atom. The number of nitrogens with one attached hydrogen (secondary N) is 1. The van der Waals surface area contributed by atoms with Crippen LogP contribution < -0.4 is 10.1 Å². The van der Waals surface area contributed by atoms with Gasteiger partial charge in [0.05, 0.1) is 24.4 Å². The standard InChI is InChI=1S/C19H16N4O2/c1-23-18(19(24)21-15-7-3-5-13(9-15)12-20)11-17(22-23)14-6-4-8-16(10-14)25-2/h3-11H,1-2H3,(H,21,24). The second-order valence-corrected chi connectivity index (χ2v) is 5.42. The van der Waals surface area contributed by atoms with Gasteiger partial charge < -0.3 is 10.1 Å². The highest BCUT2D eigenvalue weighted by Crippen LogP contribution is 2.23. The van der Waals surface area contributed by atoms with Gasteiger partial charge in [0, 0.05) is 18.3 Å². The number of ether oxygens (including phenoxy) is 1. The summed E-state index contributed by atoms with van der Waals surface area (Å²) in [5.41, 5.74) is 3.01. The third-order valence-electron chi connectivity index (χ3n) is 3.73. The molecular weight excluding hydrogens is 316 g/mol. The minimum atomic E-state index is -0.292. The molecule has 0 saturated carbocycles. The fourth-order valence-electron chi connectivity index (χ4n) is 2.46. The molecule has 3 rings (SSSR count). The molecule has 0 aliphatic rings. The van der Waals surface area contributed by atoms with E-state index in [4.69, 9.17) is 10.00 Å². The molecule has 25 heavy (non-hydrogen) atoms. The lowest BCUT2D eigenvalue weighted by atomic mass is 10.1. The zero-order chi connectivity index (χ0) is 17.8. The summed E-state index contributed by atoms with van der Waals surface area (Å²) in [7, 11) is 3.32. The van der Waals surface area contributed by atoms with Crippen LogP contribution in [-0.4, -0.2) is 22.8 Å². The van der Waals surface area contributed by atoms with Crippen LogP contribution in [-0.2, 0) is 7.05 Å². The Labute approximate surface area is 145 Å². The minimum Gasteiger partial charge on any atom is -0.497 e. The molecule has 3 aromatic rings. The lowest BCUT2D eigenvalue weighted by Gasteiger charge is -2.05. The van der Waals surface area contributed by atoms with Gasteiger partial charge in [-0.15, -0.1) is 0 Å². The number of aryl methyl sites for hydroxylation is 1. The van der Waals surface area contributed by atoms with E-state index in [1.54, 1.807) is 44.5 Å². The van der Waals surface area contributed by atoms with Crippen molar-refractivity contribution in [2.75, 3.05) is 12.4 Å². The molecule has 0 fully saturated rings. The molecule has 6 nitrogen and oxygen atoms in total. The van der Waals surface area contributed by atoms with Gasteiger partial charge in [0.1, 0.15) is 11.4 Å². The van der Waals surface area contributed by atoms with Gasteiger partial charge in [0.25, 0.3) is 5.91 Å². The fourth-order valence-corrected chi connectivity index (χ4v) is 2.46. The van der Waals surface area contributed by atoms with E-state index in [1.807, 2.05) is 30.3 Å². The maximum atomic E-state index is 12.5. The third-order valence-corrected chi connectivity index (χ3v) is 3.73. The number of hydrogen-bond donors (Lipinski definition) is 1. The highest BCUT2D eigenvalue weighted by molar-refractivity contribution is 6.03. The Balaban J connectivity index is 1.86. The predicted molar refractivity (Wildman–Crippen MR) is 94.3 cm³/mol. The molecule has 0 spiro atoms. The molecule has 1 aromatic heterocycles. The molecule has 124 valence electrons. The average molecular weight is 332 g/mol. The summed E-state index contributed by atoms with van der Waals surface area (Å²) in [4.78, 5) is 12.5. The van der Waals surface area contributed by atoms with Crippen molar-refractivity contribution < 1.29 is 9.53 Å². The summed E-state index contributed by atoms with van der Waals surface area (Å²) < 4.78 is 6.75. The number of amides is 1. The second kappa shape index (κ2) is 6.89. The van der Waals surface area contributed by atoms with Crippen LogP contribution in [0.4, 0.5) is 5.69 Å². The van der Waals surface area contributed by atoms with E-state index >= 15 is 0 Å². The summed E-state index contributed by atoms with van der Waals surface area (Å²) in [6, 6.07) is 18.0. The van der Waals surface area contributed by atoms with Crippen LogP contribution in [0.25, 0.3) is 11.3 Å². The van der Waals surface area contributed by atoms with Gasteiger partial charge in [-0.25, -0.2) is 0 Å². The summed E-state index contributed by atoms with van der Waals surface area (Å²) in [6.45, 7) is 0. The number of anilines is 1. The molecule has 0 saturated heterocycles. The monoisotopic (exact) mass is 332 g/mol. The molecule has 1 heterocycles. The van der Waals surface area contributed by atoms with Crippen molar-refractivity contribution >= 4 is 11.6 Å². The number of hydrogen-bond acceptors (Lipinski definition) is 4. The number of rotatable bonds is 4. The second-order valence-electron chi connectivity index (χ2n) is 5.42. The lowest BCUT2D eigenvalue weighted by molar-refractivity contribution is 0.101. The Morgan fingerprint density at radius 3 is 2.76 bits per heavy atom. The number of nitriles is 1. The third kappa shape index (κ3) is 3.51. The molecule has 0 aliphatic carbocycles. The number of carbonyl (C=O) groups is 1. The first kappa shape index (κ1) is 16.3. The van der Waals surface area contributed by atoms with Crippen molar-refractivity contribution in [2.24, 2.45) is 7.05 Å². The van der Waals surface area contributed by atoms with E-state index in [-0.39, 0.29) is 5.91 Å². The van der Waals surface area contributed by atoms with E-state index in [0.29, 0.717) is 22.6 Å². The van der Waals surface area contributed by atoms with Crippen LogP contribution >= 0.6 is 0 Å². The van der Waals surface area contributed by atoms with Gasteiger partial charge in [-0.3, -0.25) is 9.48 Å². The average Bonchev–Trinajstić information content (AvgIpc) is 3.04.